The highest BCUT2D eigenvalue weighted by Crippen LogP contribution is 2.41. The number of nitrogens with two attached hydrogens (primary N) is 1. The molecule has 12 heteroatoms. The van der Waals surface area contributed by atoms with Gasteiger partial charge in [-0.05, 0) is 102 Å². The molecule has 3 heterocycles. The molecule has 3 fully saturated rings. The number of benzene rings is 2. The van der Waals surface area contributed by atoms with Crippen molar-refractivity contribution in [1.29, 1.82) is 0 Å². The second-order valence-corrected chi connectivity index (χ2v) is 15.8. The molecule has 4 aliphatic rings. The summed E-state index contributed by atoms with van der Waals surface area (Å²) < 4.78 is 17.3. The first-order valence-corrected chi connectivity index (χ1v) is 18.7. The van der Waals surface area contributed by atoms with Crippen molar-refractivity contribution in [2.24, 2.45) is 5.73 Å². The zero-order valence-electron chi connectivity index (χ0n) is 30.0. The smallest absolute Gasteiger partial charge is 0.410 e. The molecule has 2 N–H and O–H groups in total. The van der Waals surface area contributed by atoms with E-state index >= 15 is 0 Å². The van der Waals surface area contributed by atoms with Gasteiger partial charge < -0.3 is 34.6 Å². The third-order valence-electron chi connectivity index (χ3n) is 10.7. The van der Waals surface area contributed by atoms with Crippen molar-refractivity contribution in [3.8, 4) is 0 Å². The molecule has 1 saturated carbocycles. The van der Waals surface area contributed by atoms with Gasteiger partial charge in [-0.25, -0.2) is 4.79 Å². The van der Waals surface area contributed by atoms with Crippen LogP contribution in [0.4, 0.5) is 4.79 Å². The molecule has 2 saturated heterocycles. The van der Waals surface area contributed by atoms with E-state index in [1.807, 2.05) is 42.5 Å². The third kappa shape index (κ3) is 9.04. The molecule has 276 valence electrons. The van der Waals surface area contributed by atoms with Crippen LogP contribution in [0.1, 0.15) is 105 Å². The highest BCUT2D eigenvalue weighted by atomic mass is 35.5. The van der Waals surface area contributed by atoms with E-state index in [1.54, 1.807) is 25.7 Å². The predicted molar refractivity (Wildman–Crippen MR) is 192 cm³/mol. The number of carbonyl (C=O) groups excluding carboxylic acids is 4. The van der Waals surface area contributed by atoms with Gasteiger partial charge in [-0.1, -0.05) is 48.0 Å². The molecule has 11 nitrogen and oxygen atoms in total. The van der Waals surface area contributed by atoms with Gasteiger partial charge in [0.15, 0.2) is 0 Å². The maximum atomic E-state index is 13.4. The molecule has 0 radical (unpaired) electrons. The number of carbonyl (C=O) groups is 4. The Balaban J connectivity index is 0.930. The Morgan fingerprint density at radius 3 is 2.27 bits per heavy atom. The molecule has 1 aliphatic carbocycles. The van der Waals surface area contributed by atoms with Crippen LogP contribution in [0.15, 0.2) is 42.5 Å². The fourth-order valence-corrected chi connectivity index (χ4v) is 8.22. The largest absolute Gasteiger partial charge is 0.460 e. The molecule has 2 aromatic rings. The van der Waals surface area contributed by atoms with Crippen molar-refractivity contribution < 1.29 is 33.4 Å². The van der Waals surface area contributed by atoms with Crippen molar-refractivity contribution >= 4 is 35.5 Å². The molecule has 1 atom stereocenters. The van der Waals surface area contributed by atoms with Crippen LogP contribution >= 0.6 is 11.6 Å². The van der Waals surface area contributed by atoms with Gasteiger partial charge in [0.1, 0.15) is 18.2 Å². The van der Waals surface area contributed by atoms with E-state index in [4.69, 9.17) is 31.5 Å². The zero-order valence-corrected chi connectivity index (χ0v) is 30.7. The first-order valence-electron chi connectivity index (χ1n) is 18.3. The maximum Gasteiger partial charge on any atom is 0.410 e. The SMILES string of the molecule is CC(C)(C)OC(=O)CCC(C(N)=O)N1Cc2c(ccc(C3CCN(C4CC(OC5CCN(C(=O)OCc6ccccc6)CC5)C4)CC3)c2Cl)C1=O. The minimum absolute atomic E-state index is 0.0241. The molecular weight excluding hydrogens is 672 g/mol. The Morgan fingerprint density at radius 2 is 1.63 bits per heavy atom. The van der Waals surface area contributed by atoms with Gasteiger partial charge in [-0.15, -0.1) is 0 Å². The summed E-state index contributed by atoms with van der Waals surface area (Å²) in [6, 6.07) is 13.1. The number of amides is 3. The van der Waals surface area contributed by atoms with Crippen LogP contribution in [0.3, 0.4) is 0 Å². The van der Waals surface area contributed by atoms with E-state index < -0.39 is 23.5 Å². The van der Waals surface area contributed by atoms with Crippen LogP contribution < -0.4 is 5.73 Å². The first kappa shape index (κ1) is 37.1. The van der Waals surface area contributed by atoms with Crippen molar-refractivity contribution in [2.75, 3.05) is 26.2 Å². The Kier molecular flexibility index (Phi) is 11.6. The van der Waals surface area contributed by atoms with Crippen molar-refractivity contribution in [3.63, 3.8) is 0 Å². The van der Waals surface area contributed by atoms with Crippen LogP contribution in [-0.2, 0) is 37.0 Å². The fraction of sp³-hybridized carbons (Fsp3) is 0.590. The lowest BCUT2D eigenvalue weighted by molar-refractivity contribution is -0.155. The molecule has 3 aliphatic heterocycles. The maximum absolute atomic E-state index is 13.4. The van der Waals surface area contributed by atoms with E-state index in [-0.39, 0.29) is 56.1 Å². The van der Waals surface area contributed by atoms with E-state index in [1.165, 1.54) is 4.90 Å². The summed E-state index contributed by atoms with van der Waals surface area (Å²) in [5.41, 5.74) is 8.30. The Labute approximate surface area is 305 Å². The van der Waals surface area contributed by atoms with Crippen LogP contribution in [0.5, 0.6) is 0 Å². The standard InChI is InChI=1S/C39H51ClN4O7/c1-39(2,3)51-34(45)12-11-33(36(41)46)44-23-32-31(37(44)47)10-9-30(35(32)40)26-13-17-42(18-14-26)27-21-29(22-27)50-28-15-19-43(20-16-28)38(48)49-24-25-7-5-4-6-8-25/h4-10,26-29,33H,11-24H2,1-3H3,(H2,41,46). The summed E-state index contributed by atoms with van der Waals surface area (Å²) in [5, 5.41) is 0.588. The lowest BCUT2D eigenvalue weighted by Gasteiger charge is -2.47. The summed E-state index contributed by atoms with van der Waals surface area (Å²) in [5.74, 6) is -1.12. The van der Waals surface area contributed by atoms with Crippen molar-refractivity contribution in [3.05, 3.63) is 69.7 Å². The molecule has 0 aromatic heterocycles. The topological polar surface area (TPSA) is 132 Å². The minimum Gasteiger partial charge on any atom is -0.460 e. The van der Waals surface area contributed by atoms with Gasteiger partial charge in [-0.2, -0.15) is 0 Å². The van der Waals surface area contributed by atoms with Crippen molar-refractivity contribution in [2.45, 2.75) is 121 Å². The molecular formula is C39H51ClN4O7. The highest BCUT2D eigenvalue weighted by Gasteiger charge is 2.40. The summed E-state index contributed by atoms with van der Waals surface area (Å²) in [6.45, 7) is 9.05. The van der Waals surface area contributed by atoms with Crippen LogP contribution in [0.25, 0.3) is 0 Å². The number of ether oxygens (including phenoxy) is 3. The van der Waals surface area contributed by atoms with Crippen LogP contribution in [0, 0.1) is 0 Å². The quantitative estimate of drug-likeness (QED) is 0.288. The monoisotopic (exact) mass is 722 g/mol. The highest BCUT2D eigenvalue weighted by molar-refractivity contribution is 6.33. The van der Waals surface area contributed by atoms with Gasteiger partial charge >= 0.3 is 12.1 Å². The molecule has 3 amide bonds. The molecule has 51 heavy (non-hydrogen) atoms. The molecule has 0 spiro atoms. The number of fused-ring (bicyclic) bond motifs is 1. The predicted octanol–water partition coefficient (Wildman–Crippen LogP) is 5.80. The van der Waals surface area contributed by atoms with Gasteiger partial charge in [0.2, 0.25) is 5.91 Å². The van der Waals surface area contributed by atoms with E-state index in [0.717, 1.165) is 68.3 Å². The van der Waals surface area contributed by atoms with Gasteiger partial charge in [0.25, 0.3) is 5.91 Å². The average molecular weight is 723 g/mol. The van der Waals surface area contributed by atoms with Gasteiger partial charge in [0.05, 0.1) is 12.2 Å². The normalized spacial score (nSPS) is 22.3. The second kappa shape index (κ2) is 15.9. The summed E-state index contributed by atoms with van der Waals surface area (Å²) in [7, 11) is 0. The van der Waals surface area contributed by atoms with Crippen LogP contribution in [0.2, 0.25) is 5.02 Å². The number of piperidine rings is 2. The number of hydrogen-bond acceptors (Lipinski definition) is 8. The fourth-order valence-electron chi connectivity index (χ4n) is 7.84. The third-order valence-corrected chi connectivity index (χ3v) is 11.1. The Morgan fingerprint density at radius 1 is 0.941 bits per heavy atom. The molecule has 6 rings (SSSR count). The van der Waals surface area contributed by atoms with E-state index in [2.05, 4.69) is 4.90 Å². The van der Waals surface area contributed by atoms with E-state index in [0.29, 0.717) is 29.7 Å². The number of esters is 1. The number of nitrogens with zero attached hydrogens (tertiary/aromatic N) is 3. The average Bonchev–Trinajstić information content (AvgIpc) is 3.41. The van der Waals surface area contributed by atoms with Crippen LogP contribution in [-0.4, -0.2) is 94.6 Å². The number of likely N-dealkylation sites (tertiary alicyclic amines) is 2. The van der Waals surface area contributed by atoms with Crippen molar-refractivity contribution in [1.82, 2.24) is 14.7 Å². The zero-order chi connectivity index (χ0) is 36.3. The van der Waals surface area contributed by atoms with Gasteiger partial charge in [-0.3, -0.25) is 14.4 Å². The molecule has 0 bridgehead atoms. The summed E-state index contributed by atoms with van der Waals surface area (Å²) >= 11 is 6.99. The Hall–Kier alpha value is -3.67. The van der Waals surface area contributed by atoms with Gasteiger partial charge in [0, 0.05) is 48.2 Å². The number of rotatable bonds is 11. The number of primary amides is 1. The molecule has 1 unspecified atom stereocenters. The minimum atomic E-state index is -0.933. The summed E-state index contributed by atoms with van der Waals surface area (Å²) in [4.78, 5) is 56.4. The molecule has 2 aromatic carbocycles. The lowest BCUT2D eigenvalue weighted by Crippen LogP contribution is -2.52. The first-order chi connectivity index (χ1) is 24.4. The van der Waals surface area contributed by atoms with E-state index in [9.17, 15) is 19.2 Å². The number of halogens is 1. The Bertz CT molecular complexity index is 1580. The lowest BCUT2D eigenvalue weighted by atomic mass is 9.83. The summed E-state index contributed by atoms with van der Waals surface area (Å²) in [6.07, 6.45) is 5.88. The number of hydrogen-bond donors (Lipinski definition) is 1. The second-order valence-electron chi connectivity index (χ2n) is 15.4.